The Labute approximate surface area is 156 Å². The second-order valence-electron chi connectivity index (χ2n) is 5.66. The van der Waals surface area contributed by atoms with E-state index in [-0.39, 0.29) is 29.9 Å². The molecular formula is C16H28IN5O. The first-order valence-electron chi connectivity index (χ1n) is 7.64. The van der Waals surface area contributed by atoms with Gasteiger partial charge in [0.15, 0.2) is 5.96 Å². The van der Waals surface area contributed by atoms with Crippen LogP contribution in [0.3, 0.4) is 0 Å². The van der Waals surface area contributed by atoms with E-state index in [4.69, 9.17) is 0 Å². The number of rotatable bonds is 7. The molecular weight excluding hydrogens is 405 g/mol. The third-order valence-electron chi connectivity index (χ3n) is 3.22. The molecule has 0 saturated heterocycles. The van der Waals surface area contributed by atoms with Crippen LogP contribution in [-0.2, 0) is 11.2 Å². The van der Waals surface area contributed by atoms with Gasteiger partial charge in [-0.1, -0.05) is 6.07 Å². The standard InChI is InChI=1S/C16H27N5O.HI/c1-5-18-15(21-12-16(2,3)14(22)17-4)20-11-9-13-8-6-7-10-19-13;/h6-8,10H,5,9,11-12H2,1-4H3,(H,17,22)(H2,18,20,21);1H. The van der Waals surface area contributed by atoms with Gasteiger partial charge in [-0.15, -0.1) is 24.0 Å². The molecule has 1 rings (SSSR count). The molecule has 0 aromatic carbocycles. The van der Waals surface area contributed by atoms with E-state index in [0.29, 0.717) is 6.54 Å². The summed E-state index contributed by atoms with van der Waals surface area (Å²) in [6.07, 6.45) is 2.62. The molecule has 0 aliphatic heterocycles. The first-order valence-corrected chi connectivity index (χ1v) is 7.64. The van der Waals surface area contributed by atoms with Crippen molar-refractivity contribution in [2.45, 2.75) is 27.2 Å². The van der Waals surface area contributed by atoms with Gasteiger partial charge in [0, 0.05) is 38.4 Å². The molecule has 0 saturated carbocycles. The summed E-state index contributed by atoms with van der Waals surface area (Å²) in [5.41, 5.74) is 0.509. The van der Waals surface area contributed by atoms with Crippen molar-refractivity contribution in [2.24, 2.45) is 10.4 Å². The first kappa shape index (κ1) is 21.6. The molecule has 7 heteroatoms. The van der Waals surface area contributed by atoms with Crippen molar-refractivity contribution in [3.8, 4) is 0 Å². The van der Waals surface area contributed by atoms with Crippen LogP contribution in [0.5, 0.6) is 0 Å². The van der Waals surface area contributed by atoms with Crippen molar-refractivity contribution in [1.82, 2.24) is 20.9 Å². The minimum absolute atomic E-state index is 0. The molecule has 0 aliphatic rings. The van der Waals surface area contributed by atoms with Crippen molar-refractivity contribution >= 4 is 35.8 Å². The maximum absolute atomic E-state index is 11.8. The zero-order valence-corrected chi connectivity index (χ0v) is 16.7. The second-order valence-corrected chi connectivity index (χ2v) is 5.66. The predicted molar refractivity (Wildman–Crippen MR) is 105 cm³/mol. The number of carbonyl (C=O) groups is 1. The van der Waals surface area contributed by atoms with Crippen molar-refractivity contribution < 1.29 is 4.79 Å². The molecule has 0 unspecified atom stereocenters. The molecule has 0 radical (unpaired) electrons. The summed E-state index contributed by atoms with van der Waals surface area (Å²) in [5.74, 6) is 0.705. The summed E-state index contributed by atoms with van der Waals surface area (Å²) in [5, 5.41) is 9.12. The Morgan fingerprint density at radius 3 is 2.61 bits per heavy atom. The van der Waals surface area contributed by atoms with Crippen LogP contribution in [0.2, 0.25) is 0 Å². The Morgan fingerprint density at radius 2 is 2.04 bits per heavy atom. The molecule has 0 fully saturated rings. The van der Waals surface area contributed by atoms with E-state index in [1.807, 2.05) is 39.0 Å². The lowest BCUT2D eigenvalue weighted by atomic mass is 9.93. The van der Waals surface area contributed by atoms with Gasteiger partial charge >= 0.3 is 0 Å². The zero-order valence-electron chi connectivity index (χ0n) is 14.3. The number of halogens is 1. The average Bonchev–Trinajstić information content (AvgIpc) is 2.52. The monoisotopic (exact) mass is 433 g/mol. The molecule has 1 amide bonds. The van der Waals surface area contributed by atoms with Gasteiger partial charge in [-0.25, -0.2) is 0 Å². The minimum atomic E-state index is -0.530. The number of hydrogen-bond acceptors (Lipinski definition) is 3. The predicted octanol–water partition coefficient (Wildman–Crippen LogP) is 1.57. The number of nitrogens with one attached hydrogen (secondary N) is 3. The number of guanidine groups is 1. The maximum Gasteiger partial charge on any atom is 0.227 e. The van der Waals surface area contributed by atoms with Crippen LogP contribution in [0.25, 0.3) is 0 Å². The lowest BCUT2D eigenvalue weighted by molar-refractivity contribution is -0.128. The Kier molecular flexibility index (Phi) is 10.5. The highest BCUT2D eigenvalue weighted by molar-refractivity contribution is 14.0. The molecule has 0 atom stereocenters. The van der Waals surface area contributed by atoms with E-state index in [9.17, 15) is 4.79 Å². The molecule has 3 N–H and O–H groups in total. The topological polar surface area (TPSA) is 78.4 Å². The first-order chi connectivity index (χ1) is 10.5. The van der Waals surface area contributed by atoms with Crippen molar-refractivity contribution in [3.63, 3.8) is 0 Å². The van der Waals surface area contributed by atoms with E-state index in [1.54, 1.807) is 13.2 Å². The number of nitrogens with zero attached hydrogens (tertiary/aromatic N) is 2. The number of hydrogen-bond donors (Lipinski definition) is 3. The van der Waals surface area contributed by atoms with E-state index in [2.05, 4.69) is 25.9 Å². The van der Waals surface area contributed by atoms with Gasteiger partial charge in [-0.3, -0.25) is 14.8 Å². The van der Waals surface area contributed by atoms with Gasteiger partial charge in [0.2, 0.25) is 5.91 Å². The lowest BCUT2D eigenvalue weighted by Crippen LogP contribution is -2.41. The van der Waals surface area contributed by atoms with E-state index < -0.39 is 5.41 Å². The molecule has 6 nitrogen and oxygen atoms in total. The summed E-state index contributed by atoms with van der Waals surface area (Å²) >= 11 is 0. The normalized spacial score (nSPS) is 11.4. The summed E-state index contributed by atoms with van der Waals surface area (Å²) in [6.45, 7) is 7.71. The highest BCUT2D eigenvalue weighted by Gasteiger charge is 2.26. The van der Waals surface area contributed by atoms with Crippen LogP contribution in [0.1, 0.15) is 26.5 Å². The molecule has 1 aromatic rings. The molecule has 23 heavy (non-hydrogen) atoms. The molecule has 1 aromatic heterocycles. The van der Waals surface area contributed by atoms with Crippen LogP contribution in [0.15, 0.2) is 29.4 Å². The third-order valence-corrected chi connectivity index (χ3v) is 3.22. The minimum Gasteiger partial charge on any atom is -0.359 e. The SMILES string of the molecule is CCNC(=NCC(C)(C)C(=O)NC)NCCc1ccccn1.I. The fourth-order valence-corrected chi connectivity index (χ4v) is 1.88. The number of amides is 1. The van der Waals surface area contributed by atoms with Crippen molar-refractivity contribution in [2.75, 3.05) is 26.7 Å². The third kappa shape index (κ3) is 8.15. The summed E-state index contributed by atoms with van der Waals surface area (Å²) in [6, 6.07) is 5.89. The van der Waals surface area contributed by atoms with E-state index in [1.165, 1.54) is 0 Å². The highest BCUT2D eigenvalue weighted by atomic mass is 127. The van der Waals surface area contributed by atoms with Gasteiger partial charge in [0.05, 0.1) is 12.0 Å². The van der Waals surface area contributed by atoms with Crippen LogP contribution >= 0.6 is 24.0 Å². The van der Waals surface area contributed by atoms with E-state index >= 15 is 0 Å². The number of aromatic nitrogens is 1. The largest absolute Gasteiger partial charge is 0.359 e. The molecule has 1 heterocycles. The van der Waals surface area contributed by atoms with E-state index in [0.717, 1.165) is 31.2 Å². The Morgan fingerprint density at radius 1 is 1.30 bits per heavy atom. The lowest BCUT2D eigenvalue weighted by Gasteiger charge is -2.21. The van der Waals surface area contributed by atoms with Gasteiger partial charge in [0.1, 0.15) is 0 Å². The fourth-order valence-electron chi connectivity index (χ4n) is 1.88. The van der Waals surface area contributed by atoms with Gasteiger partial charge in [-0.2, -0.15) is 0 Å². The Bertz CT molecular complexity index is 491. The van der Waals surface area contributed by atoms with Gasteiger partial charge < -0.3 is 16.0 Å². The number of carbonyl (C=O) groups excluding carboxylic acids is 1. The van der Waals surface area contributed by atoms with Crippen LogP contribution < -0.4 is 16.0 Å². The summed E-state index contributed by atoms with van der Waals surface area (Å²) in [7, 11) is 1.64. The Balaban J connectivity index is 0.00000484. The van der Waals surface area contributed by atoms with Crippen molar-refractivity contribution in [3.05, 3.63) is 30.1 Å². The van der Waals surface area contributed by atoms with Crippen LogP contribution in [-0.4, -0.2) is 43.5 Å². The molecule has 130 valence electrons. The Hall–Kier alpha value is -1.38. The smallest absolute Gasteiger partial charge is 0.227 e. The molecule has 0 aliphatic carbocycles. The number of pyridine rings is 1. The maximum atomic E-state index is 11.8. The van der Waals surface area contributed by atoms with Crippen LogP contribution in [0, 0.1) is 5.41 Å². The quantitative estimate of drug-likeness (QED) is 0.347. The van der Waals surface area contributed by atoms with Crippen molar-refractivity contribution in [1.29, 1.82) is 0 Å². The highest BCUT2D eigenvalue weighted by Crippen LogP contribution is 2.15. The molecule has 0 spiro atoms. The average molecular weight is 433 g/mol. The fraction of sp³-hybridized carbons (Fsp3) is 0.562. The summed E-state index contributed by atoms with van der Waals surface area (Å²) in [4.78, 5) is 20.6. The number of aliphatic imine (C=N–C) groups is 1. The summed E-state index contributed by atoms with van der Waals surface area (Å²) < 4.78 is 0. The molecule has 0 bridgehead atoms. The zero-order chi connectivity index (χ0) is 16.4. The van der Waals surface area contributed by atoms with Gasteiger partial charge in [0.25, 0.3) is 0 Å². The van der Waals surface area contributed by atoms with Gasteiger partial charge in [-0.05, 0) is 32.9 Å². The second kappa shape index (κ2) is 11.2. The van der Waals surface area contributed by atoms with Crippen LogP contribution in [0.4, 0.5) is 0 Å².